The summed E-state index contributed by atoms with van der Waals surface area (Å²) in [7, 11) is 0. The summed E-state index contributed by atoms with van der Waals surface area (Å²) >= 11 is 1.81. The van der Waals surface area contributed by atoms with Crippen LogP contribution >= 0.6 is 0 Å². The zero-order valence-electron chi connectivity index (χ0n) is 26.5. The van der Waals surface area contributed by atoms with Gasteiger partial charge in [-0.2, -0.15) is 0 Å². The van der Waals surface area contributed by atoms with E-state index in [1.54, 1.807) is 0 Å². The van der Waals surface area contributed by atoms with E-state index in [9.17, 15) is 0 Å². The molecule has 2 heterocycles. The van der Waals surface area contributed by atoms with Crippen molar-refractivity contribution < 1.29 is 0 Å². The first kappa shape index (κ1) is 31.9. The molecule has 6 heteroatoms. The molecule has 0 saturated heterocycles. The van der Waals surface area contributed by atoms with Crippen molar-refractivity contribution in [3.8, 4) is 0 Å². The van der Waals surface area contributed by atoms with Crippen LogP contribution in [0.4, 0.5) is 11.4 Å². The van der Waals surface area contributed by atoms with Crippen molar-refractivity contribution in [2.75, 3.05) is 23.7 Å². The van der Waals surface area contributed by atoms with Crippen LogP contribution < -0.4 is 10.6 Å². The van der Waals surface area contributed by atoms with Crippen LogP contribution in [0, 0.1) is 0 Å². The van der Waals surface area contributed by atoms with Gasteiger partial charge in [0.15, 0.2) is 0 Å². The monoisotopic (exact) mass is 722 g/mol. The molecule has 2 aromatic heterocycles. The Morgan fingerprint density at radius 2 is 0.932 bits per heavy atom. The Morgan fingerprint density at radius 3 is 1.43 bits per heavy atom. The third kappa shape index (κ3) is 8.38. The van der Waals surface area contributed by atoms with Gasteiger partial charge in [0, 0.05) is 0 Å². The zero-order valence-corrected chi connectivity index (χ0v) is 29.9. The second-order valence-corrected chi connectivity index (χ2v) is 20.4. The summed E-state index contributed by atoms with van der Waals surface area (Å²) in [5.41, 5.74) is 10.7. The van der Waals surface area contributed by atoms with Gasteiger partial charge in [0.1, 0.15) is 0 Å². The summed E-state index contributed by atoms with van der Waals surface area (Å²) in [6.07, 6.45) is 20.8. The zero-order chi connectivity index (χ0) is 29.8. The molecule has 4 aromatic rings. The molecule has 2 aliphatic carbocycles. The van der Waals surface area contributed by atoms with E-state index in [2.05, 4.69) is 59.2 Å². The molecule has 6 rings (SSSR count). The number of anilines is 2. The van der Waals surface area contributed by atoms with Gasteiger partial charge in [0.2, 0.25) is 0 Å². The Hall–Kier alpha value is -2.10. The van der Waals surface area contributed by atoms with E-state index in [1.807, 2.05) is 0 Å². The van der Waals surface area contributed by atoms with E-state index < -0.39 is 0 Å². The van der Waals surface area contributed by atoms with E-state index in [1.165, 1.54) is 145 Å². The maximum atomic E-state index is 4.99. The van der Waals surface area contributed by atoms with E-state index in [-0.39, 0.29) is 0 Å². The molecule has 2 aliphatic rings. The molecule has 44 heavy (non-hydrogen) atoms. The van der Waals surface area contributed by atoms with E-state index in [0.717, 1.165) is 63.2 Å². The fourth-order valence-corrected chi connectivity index (χ4v) is 14.0. The number of nitrogens with one attached hydrogen (secondary N) is 2. The Balaban J connectivity index is 0.792. The second kappa shape index (κ2) is 17.0. The van der Waals surface area contributed by atoms with Crippen LogP contribution in [-0.2, 0) is 25.7 Å². The number of aryl methyl sites for hydroxylation is 2. The summed E-state index contributed by atoms with van der Waals surface area (Å²) in [6.45, 7) is 2.18. The Labute approximate surface area is 276 Å². The quantitative estimate of drug-likeness (QED) is 0.0844. The molecule has 0 atom stereocenters. The van der Waals surface area contributed by atoms with Gasteiger partial charge in [-0.25, -0.2) is 0 Å². The first-order valence-corrected chi connectivity index (χ1v) is 24.2. The van der Waals surface area contributed by atoms with Crippen LogP contribution in [0.2, 0.25) is 10.6 Å². The average molecular weight is 721 g/mol. The molecule has 0 bridgehead atoms. The molecular weight excluding hydrogens is 670 g/mol. The molecule has 2 N–H and O–H groups in total. The van der Waals surface area contributed by atoms with Gasteiger partial charge < -0.3 is 0 Å². The van der Waals surface area contributed by atoms with Gasteiger partial charge in [0.05, 0.1) is 0 Å². The molecule has 0 radical (unpaired) electrons. The molecule has 2 aromatic carbocycles. The first-order valence-electron chi connectivity index (χ1n) is 17.4. The Kier molecular flexibility index (Phi) is 12.3. The van der Waals surface area contributed by atoms with Crippen LogP contribution in [0.15, 0.2) is 48.5 Å². The summed E-state index contributed by atoms with van der Waals surface area (Å²) in [4.78, 5) is 9.97. The molecule has 0 fully saturated rings. The Morgan fingerprint density at radius 1 is 0.500 bits per heavy atom. The van der Waals surface area contributed by atoms with Crippen molar-refractivity contribution in [2.45, 2.75) is 113 Å². The van der Waals surface area contributed by atoms with Gasteiger partial charge in [0.25, 0.3) is 0 Å². The second-order valence-electron chi connectivity index (χ2n) is 12.6. The summed E-state index contributed by atoms with van der Waals surface area (Å²) in [6, 6.07) is 17.4. The summed E-state index contributed by atoms with van der Waals surface area (Å²) in [5, 5.41) is 13.3. The normalized spacial score (nSPS) is 14.5. The first-order chi connectivity index (χ1) is 21.9. The van der Waals surface area contributed by atoms with Gasteiger partial charge in [-0.05, 0) is 0 Å². The number of hydrogen-bond donors (Lipinski definition) is 2. The third-order valence-electron chi connectivity index (χ3n) is 9.33. The van der Waals surface area contributed by atoms with Gasteiger partial charge >= 0.3 is 278 Å². The van der Waals surface area contributed by atoms with E-state index >= 15 is 0 Å². The molecule has 0 amide bonds. The van der Waals surface area contributed by atoms with Crippen LogP contribution in [0.3, 0.4) is 0 Å². The summed E-state index contributed by atoms with van der Waals surface area (Å²) < 4.78 is 0. The van der Waals surface area contributed by atoms with Crippen molar-refractivity contribution >= 4 is 59.4 Å². The molecule has 0 spiro atoms. The minimum atomic E-state index is 0.906. The van der Waals surface area contributed by atoms with E-state index in [0.29, 0.717) is 0 Å². The van der Waals surface area contributed by atoms with Crippen LogP contribution in [0.25, 0.3) is 21.8 Å². The SMILES string of the molecule is c1ccc2c(NCCCCCC[Se][Se]CCCCCCNc3c4c(nc5ccccc35)CCCC4)c3c(nc2c1)CCCC3. The third-order valence-corrected chi connectivity index (χ3v) is 17.0. The average Bonchev–Trinajstić information content (AvgIpc) is 3.07. The van der Waals surface area contributed by atoms with Crippen molar-refractivity contribution in [3.05, 3.63) is 71.0 Å². The predicted octanol–water partition coefficient (Wildman–Crippen LogP) is 9.35. The van der Waals surface area contributed by atoms with Crippen LogP contribution in [0.5, 0.6) is 0 Å². The molecule has 234 valence electrons. The number of nitrogens with zero attached hydrogens (tertiary/aromatic N) is 2. The summed E-state index contributed by atoms with van der Waals surface area (Å²) in [5.74, 6) is 0. The predicted molar refractivity (Wildman–Crippen MR) is 192 cm³/mol. The maximum absolute atomic E-state index is 4.99. The molecule has 0 aliphatic heterocycles. The minimum absolute atomic E-state index is 0.906. The van der Waals surface area contributed by atoms with Gasteiger partial charge in [-0.1, -0.05) is 0 Å². The van der Waals surface area contributed by atoms with Gasteiger partial charge in [-0.3, -0.25) is 0 Å². The number of benzene rings is 2. The topological polar surface area (TPSA) is 49.8 Å². The number of rotatable bonds is 17. The number of pyridine rings is 2. The molecular formula is C38H50N4Se2. The molecule has 0 unspecified atom stereocenters. The van der Waals surface area contributed by atoms with Crippen molar-refractivity contribution in [1.29, 1.82) is 0 Å². The standard InChI is InChI=1S/C38H50N4Se2/c1(13-25-39-37-29-17-5-9-21-33(29)41-34-22-10-6-18-30(34)37)3-15-27-43-44-28-16-4-2-14-26-40-38-31-19-7-11-23-35(31)42-36-24-12-8-20-32(36)38/h5,7,9,11,17,19,21,23H,1-4,6,8,10,12-16,18,20,22,24-28H2,(H,39,41)(H,40,42). The fourth-order valence-electron chi connectivity index (χ4n) is 6.97. The number of unbranched alkanes of at least 4 members (excludes halogenated alkanes) is 6. The van der Waals surface area contributed by atoms with Crippen LogP contribution in [-0.4, -0.2) is 49.3 Å². The number of fused-ring (bicyclic) bond motifs is 4. The number of aromatic nitrogens is 2. The van der Waals surface area contributed by atoms with Crippen molar-refractivity contribution in [1.82, 2.24) is 9.97 Å². The Bertz CT molecular complexity index is 1390. The molecule has 4 nitrogen and oxygen atoms in total. The van der Waals surface area contributed by atoms with Gasteiger partial charge in [-0.15, -0.1) is 0 Å². The van der Waals surface area contributed by atoms with E-state index in [4.69, 9.17) is 9.97 Å². The van der Waals surface area contributed by atoms with Crippen LogP contribution in [0.1, 0.15) is 99.6 Å². The van der Waals surface area contributed by atoms with Crippen molar-refractivity contribution in [2.24, 2.45) is 0 Å². The molecule has 0 saturated carbocycles. The fraction of sp³-hybridized carbons (Fsp3) is 0.526. The number of para-hydroxylation sites is 2. The van der Waals surface area contributed by atoms with Crippen molar-refractivity contribution in [3.63, 3.8) is 0 Å². The number of hydrogen-bond acceptors (Lipinski definition) is 4.